The Bertz CT molecular complexity index is 531. The predicted octanol–water partition coefficient (Wildman–Crippen LogP) is 1.51. The highest BCUT2D eigenvalue weighted by atomic mass is 32.2. The molecule has 1 heterocycles. The van der Waals surface area contributed by atoms with Gasteiger partial charge in [0.1, 0.15) is 0 Å². The fourth-order valence-electron chi connectivity index (χ4n) is 2.81. The number of nitrogens with zero attached hydrogens (tertiary/aromatic N) is 1. The molecule has 0 aliphatic carbocycles. The maximum atomic E-state index is 12.5. The first-order valence-corrected chi connectivity index (χ1v) is 8.94. The van der Waals surface area contributed by atoms with Gasteiger partial charge < -0.3 is 5.32 Å². The van der Waals surface area contributed by atoms with Gasteiger partial charge in [-0.15, -0.1) is 0 Å². The van der Waals surface area contributed by atoms with Crippen LogP contribution in [0.1, 0.15) is 31.4 Å². The Labute approximate surface area is 127 Å². The number of hydrogen-bond donors (Lipinski definition) is 2. The van der Waals surface area contributed by atoms with Gasteiger partial charge in [-0.1, -0.05) is 30.3 Å². The van der Waals surface area contributed by atoms with Gasteiger partial charge >= 0.3 is 0 Å². The molecule has 0 aromatic heterocycles. The average Bonchev–Trinajstić information content (AvgIpc) is 2.48. The van der Waals surface area contributed by atoms with Crippen molar-refractivity contribution >= 4 is 10.2 Å². The van der Waals surface area contributed by atoms with Crippen LogP contribution in [0.2, 0.25) is 0 Å². The van der Waals surface area contributed by atoms with Gasteiger partial charge in [0, 0.05) is 19.1 Å². The zero-order chi connectivity index (χ0) is 15.3. The molecule has 0 radical (unpaired) electrons. The minimum atomic E-state index is -3.43. The summed E-state index contributed by atoms with van der Waals surface area (Å²) >= 11 is 0. The fraction of sp³-hybridized carbons (Fsp3) is 0.600. The van der Waals surface area contributed by atoms with Gasteiger partial charge in [0.15, 0.2) is 0 Å². The molecular formula is C15H25N3O2S. The summed E-state index contributed by atoms with van der Waals surface area (Å²) in [6.45, 7) is 3.94. The van der Waals surface area contributed by atoms with E-state index in [1.807, 2.05) is 44.3 Å². The monoisotopic (exact) mass is 311 g/mol. The van der Waals surface area contributed by atoms with Crippen LogP contribution in [0.15, 0.2) is 30.3 Å². The minimum Gasteiger partial charge on any atom is -0.319 e. The van der Waals surface area contributed by atoms with Gasteiger partial charge in [0.2, 0.25) is 0 Å². The van der Waals surface area contributed by atoms with Crippen LogP contribution in [0, 0.1) is 5.92 Å². The lowest BCUT2D eigenvalue weighted by atomic mass is 10.00. The highest BCUT2D eigenvalue weighted by Gasteiger charge is 2.29. The summed E-state index contributed by atoms with van der Waals surface area (Å²) in [5.41, 5.74) is 0.977. The Morgan fingerprint density at radius 1 is 1.33 bits per heavy atom. The van der Waals surface area contributed by atoms with Gasteiger partial charge in [0.05, 0.1) is 0 Å². The van der Waals surface area contributed by atoms with Gasteiger partial charge in [-0.25, -0.2) is 0 Å². The average molecular weight is 311 g/mol. The maximum absolute atomic E-state index is 12.5. The van der Waals surface area contributed by atoms with Gasteiger partial charge in [0.25, 0.3) is 10.2 Å². The van der Waals surface area contributed by atoms with E-state index in [1.54, 1.807) is 4.31 Å². The lowest BCUT2D eigenvalue weighted by molar-refractivity contribution is 0.260. The van der Waals surface area contributed by atoms with Crippen LogP contribution in [0.3, 0.4) is 0 Å². The largest absolute Gasteiger partial charge is 0.319 e. The number of hydrogen-bond acceptors (Lipinski definition) is 3. The van der Waals surface area contributed by atoms with E-state index in [9.17, 15) is 8.42 Å². The van der Waals surface area contributed by atoms with Gasteiger partial charge in [-0.2, -0.15) is 17.4 Å². The number of benzene rings is 1. The fourth-order valence-corrected chi connectivity index (χ4v) is 4.32. The highest BCUT2D eigenvalue weighted by molar-refractivity contribution is 7.87. The van der Waals surface area contributed by atoms with Crippen LogP contribution >= 0.6 is 0 Å². The Balaban J connectivity index is 2.01. The van der Waals surface area contributed by atoms with Crippen LogP contribution < -0.4 is 10.0 Å². The van der Waals surface area contributed by atoms with Crippen molar-refractivity contribution in [2.24, 2.45) is 5.92 Å². The summed E-state index contributed by atoms with van der Waals surface area (Å²) in [4.78, 5) is 0. The van der Waals surface area contributed by atoms with Crippen LogP contribution in [0.25, 0.3) is 0 Å². The Morgan fingerprint density at radius 3 is 2.71 bits per heavy atom. The molecule has 2 unspecified atom stereocenters. The van der Waals surface area contributed by atoms with E-state index in [2.05, 4.69) is 10.0 Å². The second kappa shape index (κ2) is 7.35. The molecule has 118 valence electrons. The van der Waals surface area contributed by atoms with Crippen LogP contribution in [-0.4, -0.2) is 39.4 Å². The molecule has 6 heteroatoms. The Morgan fingerprint density at radius 2 is 2.05 bits per heavy atom. The van der Waals surface area contributed by atoms with Crippen molar-refractivity contribution in [1.29, 1.82) is 0 Å². The quantitative estimate of drug-likeness (QED) is 0.837. The van der Waals surface area contributed by atoms with Crippen LogP contribution in [0.5, 0.6) is 0 Å². The predicted molar refractivity (Wildman–Crippen MR) is 85.1 cm³/mol. The molecule has 1 aliphatic heterocycles. The van der Waals surface area contributed by atoms with Crippen molar-refractivity contribution in [3.8, 4) is 0 Å². The first kappa shape index (κ1) is 16.4. The summed E-state index contributed by atoms with van der Waals surface area (Å²) in [6.07, 6.45) is 2.01. The zero-order valence-electron chi connectivity index (χ0n) is 12.7. The van der Waals surface area contributed by atoms with E-state index in [1.165, 1.54) is 0 Å². The van der Waals surface area contributed by atoms with Crippen LogP contribution in [0.4, 0.5) is 0 Å². The molecule has 0 saturated carbocycles. The Hall–Kier alpha value is -0.950. The molecule has 2 N–H and O–H groups in total. The third-order valence-corrected chi connectivity index (χ3v) is 5.60. The van der Waals surface area contributed by atoms with Crippen molar-refractivity contribution < 1.29 is 8.42 Å². The molecule has 1 fully saturated rings. The molecule has 1 aromatic rings. The molecule has 1 aromatic carbocycles. The third-order valence-electron chi connectivity index (χ3n) is 3.94. The molecule has 2 atom stereocenters. The van der Waals surface area contributed by atoms with E-state index in [0.29, 0.717) is 19.0 Å². The molecule has 0 spiro atoms. The molecule has 5 nitrogen and oxygen atoms in total. The maximum Gasteiger partial charge on any atom is 0.280 e. The van der Waals surface area contributed by atoms with Crippen LogP contribution in [-0.2, 0) is 10.2 Å². The topological polar surface area (TPSA) is 61.4 Å². The first-order chi connectivity index (χ1) is 10.0. The van der Waals surface area contributed by atoms with Crippen molar-refractivity contribution in [2.75, 3.05) is 26.7 Å². The normalized spacial score (nSPS) is 22.1. The summed E-state index contributed by atoms with van der Waals surface area (Å²) < 4.78 is 29.4. The lowest BCUT2D eigenvalue weighted by Gasteiger charge is -2.32. The molecule has 21 heavy (non-hydrogen) atoms. The van der Waals surface area contributed by atoms with Crippen molar-refractivity contribution in [3.05, 3.63) is 35.9 Å². The molecular weight excluding hydrogens is 286 g/mol. The number of nitrogens with one attached hydrogen (secondary N) is 2. The van der Waals surface area contributed by atoms with E-state index in [4.69, 9.17) is 0 Å². The number of piperidine rings is 1. The third kappa shape index (κ3) is 4.51. The van der Waals surface area contributed by atoms with Crippen molar-refractivity contribution in [1.82, 2.24) is 14.3 Å². The highest BCUT2D eigenvalue weighted by Crippen LogP contribution is 2.20. The molecule has 2 rings (SSSR count). The van der Waals surface area contributed by atoms with E-state index in [-0.39, 0.29) is 6.04 Å². The Kier molecular flexibility index (Phi) is 5.75. The summed E-state index contributed by atoms with van der Waals surface area (Å²) in [6, 6.07) is 9.42. The summed E-state index contributed by atoms with van der Waals surface area (Å²) in [7, 11) is -1.52. The van der Waals surface area contributed by atoms with E-state index < -0.39 is 10.2 Å². The lowest BCUT2D eigenvalue weighted by Crippen LogP contribution is -2.47. The second-order valence-corrected chi connectivity index (χ2v) is 7.38. The molecule has 1 aliphatic rings. The van der Waals surface area contributed by atoms with Gasteiger partial charge in [-0.3, -0.25) is 0 Å². The number of rotatable bonds is 6. The van der Waals surface area contributed by atoms with Gasteiger partial charge in [-0.05, 0) is 44.8 Å². The first-order valence-electron chi connectivity index (χ1n) is 7.50. The zero-order valence-corrected chi connectivity index (χ0v) is 13.6. The summed E-state index contributed by atoms with van der Waals surface area (Å²) in [5, 5.41) is 3.13. The van der Waals surface area contributed by atoms with Crippen molar-refractivity contribution in [3.63, 3.8) is 0 Å². The molecule has 0 amide bonds. The second-order valence-electron chi connectivity index (χ2n) is 5.68. The smallest absolute Gasteiger partial charge is 0.280 e. The van der Waals surface area contributed by atoms with Crippen molar-refractivity contribution in [2.45, 2.75) is 25.8 Å². The standard InChI is InChI=1S/C15H25N3O2S/c1-13(15-8-4-3-5-9-15)17-21(19,20)18-10-6-7-14(12-18)11-16-2/h3-5,8-9,13-14,16-17H,6-7,10-12H2,1-2H3. The molecule has 0 bridgehead atoms. The molecule has 1 saturated heterocycles. The van der Waals surface area contributed by atoms with E-state index >= 15 is 0 Å². The minimum absolute atomic E-state index is 0.221. The van der Waals surface area contributed by atoms with E-state index in [0.717, 1.165) is 24.9 Å². The summed E-state index contributed by atoms with van der Waals surface area (Å²) in [5.74, 6) is 0.396. The SMILES string of the molecule is CNCC1CCCN(S(=O)(=O)NC(C)c2ccccc2)C1.